The fraction of sp³-hybridized carbons (Fsp3) is 0.0769. The summed E-state index contributed by atoms with van der Waals surface area (Å²) >= 11 is 1.67. The van der Waals surface area contributed by atoms with Crippen LogP contribution < -0.4 is 0 Å². The smallest absolute Gasteiger partial charge is 0.0431 e. The number of benzene rings is 1. The Morgan fingerprint density at radius 1 is 1.19 bits per heavy atom. The van der Waals surface area contributed by atoms with Crippen molar-refractivity contribution in [1.82, 2.24) is 0 Å². The molecule has 3 heteroatoms. The molecule has 2 rings (SSSR count). The third-order valence-corrected chi connectivity index (χ3v) is 3.63. The van der Waals surface area contributed by atoms with Crippen LogP contribution in [-0.2, 0) is 10.8 Å². The van der Waals surface area contributed by atoms with E-state index >= 15 is 0 Å². The summed E-state index contributed by atoms with van der Waals surface area (Å²) in [6.45, 7) is 0. The molecule has 82 valence electrons. The molecule has 0 amide bonds. The Hall–Kier alpha value is -1.19. The lowest BCUT2D eigenvalue weighted by molar-refractivity contribution is 0.692. The van der Waals surface area contributed by atoms with E-state index in [2.05, 4.69) is 6.07 Å². The van der Waals surface area contributed by atoms with Gasteiger partial charge in [0.25, 0.3) is 0 Å². The molecular formula is C13H12OS2. The van der Waals surface area contributed by atoms with Crippen molar-refractivity contribution < 1.29 is 4.21 Å². The van der Waals surface area contributed by atoms with Gasteiger partial charge in [-0.3, -0.25) is 4.21 Å². The van der Waals surface area contributed by atoms with E-state index in [1.54, 1.807) is 23.0 Å². The largest absolute Gasteiger partial charge is 0.255 e. The van der Waals surface area contributed by atoms with Crippen molar-refractivity contribution >= 4 is 27.7 Å². The fourth-order valence-electron chi connectivity index (χ4n) is 1.48. The summed E-state index contributed by atoms with van der Waals surface area (Å²) in [5, 5.41) is 3.84. The van der Waals surface area contributed by atoms with Crippen LogP contribution in [0.4, 0.5) is 0 Å². The maximum absolute atomic E-state index is 11.4. The molecule has 1 aromatic carbocycles. The summed E-state index contributed by atoms with van der Waals surface area (Å²) in [5.41, 5.74) is 2.16. The van der Waals surface area contributed by atoms with Gasteiger partial charge in [0.15, 0.2) is 0 Å². The molecule has 1 aromatic heterocycles. The van der Waals surface area contributed by atoms with Crippen LogP contribution in [0.3, 0.4) is 0 Å². The van der Waals surface area contributed by atoms with Gasteiger partial charge in [0.05, 0.1) is 0 Å². The molecule has 0 aliphatic carbocycles. The first-order valence-corrected chi connectivity index (χ1v) is 7.41. The monoisotopic (exact) mass is 248 g/mol. The van der Waals surface area contributed by atoms with E-state index in [0.29, 0.717) is 0 Å². The van der Waals surface area contributed by atoms with Gasteiger partial charge in [0.1, 0.15) is 0 Å². The predicted molar refractivity (Wildman–Crippen MR) is 71.9 cm³/mol. The molecule has 1 atom stereocenters. The molecule has 2 aromatic rings. The molecule has 0 aliphatic rings. The molecule has 0 spiro atoms. The lowest BCUT2D eigenvalue weighted by Crippen LogP contribution is -1.87. The summed E-state index contributed by atoms with van der Waals surface area (Å²) < 4.78 is 11.4. The molecule has 16 heavy (non-hydrogen) atoms. The minimum Gasteiger partial charge on any atom is -0.255 e. The zero-order valence-electron chi connectivity index (χ0n) is 8.92. The Balaban J connectivity index is 2.49. The molecule has 0 bridgehead atoms. The van der Waals surface area contributed by atoms with Crippen molar-refractivity contribution in [3.05, 3.63) is 63.7 Å². The summed E-state index contributed by atoms with van der Waals surface area (Å²) in [6.07, 6.45) is 1.69. The third kappa shape index (κ3) is 2.68. The Labute approximate surface area is 102 Å². The van der Waals surface area contributed by atoms with Crippen molar-refractivity contribution in [3.63, 3.8) is 0 Å². The van der Waals surface area contributed by atoms with Gasteiger partial charge in [-0.25, -0.2) is 0 Å². The van der Waals surface area contributed by atoms with Crippen LogP contribution in [0, 0.1) is 0 Å². The van der Waals surface area contributed by atoms with Gasteiger partial charge >= 0.3 is 0 Å². The minimum absolute atomic E-state index is 0.936. The number of hydrogen-bond donors (Lipinski definition) is 0. The molecule has 0 radical (unpaired) electrons. The average molecular weight is 248 g/mol. The molecule has 0 aliphatic heterocycles. The highest BCUT2D eigenvalue weighted by atomic mass is 32.2. The molecule has 1 nitrogen and oxygen atoms in total. The first-order chi connectivity index (χ1) is 7.77. The van der Waals surface area contributed by atoms with Crippen molar-refractivity contribution in [2.45, 2.75) is 0 Å². The van der Waals surface area contributed by atoms with E-state index in [1.807, 2.05) is 41.8 Å². The molecule has 1 heterocycles. The summed E-state index contributed by atoms with van der Waals surface area (Å²) in [5.74, 6) is 0. The van der Waals surface area contributed by atoms with Crippen LogP contribution in [0.5, 0.6) is 0 Å². The molecule has 0 saturated carbocycles. The second-order valence-corrected chi connectivity index (χ2v) is 5.55. The highest BCUT2D eigenvalue weighted by molar-refractivity contribution is 7.87. The first-order valence-electron chi connectivity index (χ1n) is 4.91. The van der Waals surface area contributed by atoms with E-state index < -0.39 is 10.8 Å². The highest BCUT2D eigenvalue weighted by Crippen LogP contribution is 2.27. The predicted octanol–water partition coefficient (Wildman–Crippen LogP) is 3.52. The Morgan fingerprint density at radius 2 is 1.94 bits per heavy atom. The molecular weight excluding hydrogens is 236 g/mol. The van der Waals surface area contributed by atoms with Gasteiger partial charge in [0, 0.05) is 32.9 Å². The first kappa shape index (κ1) is 11.3. The normalized spacial score (nSPS) is 13.7. The standard InChI is InChI=1S/C13H12OS2/c1-16(14)10-12(13-8-5-9-15-13)11-6-3-2-4-7-11/h2-10H,1H3/b12-10-/t16-/m0/s1. The van der Waals surface area contributed by atoms with Gasteiger partial charge in [-0.2, -0.15) is 0 Å². The lowest BCUT2D eigenvalue weighted by Gasteiger charge is -2.04. The van der Waals surface area contributed by atoms with Crippen molar-refractivity contribution in [2.24, 2.45) is 0 Å². The van der Waals surface area contributed by atoms with Crippen molar-refractivity contribution in [2.75, 3.05) is 6.26 Å². The highest BCUT2D eigenvalue weighted by Gasteiger charge is 2.06. The summed E-state index contributed by atoms with van der Waals surface area (Å²) in [6, 6.07) is 14.1. The molecule has 0 N–H and O–H groups in total. The van der Waals surface area contributed by atoms with E-state index in [0.717, 1.165) is 16.0 Å². The zero-order valence-corrected chi connectivity index (χ0v) is 10.6. The second kappa shape index (κ2) is 5.23. The second-order valence-electron chi connectivity index (χ2n) is 3.37. The maximum atomic E-state index is 11.4. The van der Waals surface area contributed by atoms with Crippen molar-refractivity contribution in [1.29, 1.82) is 0 Å². The molecule has 0 saturated heterocycles. The maximum Gasteiger partial charge on any atom is 0.0431 e. The Bertz CT molecular complexity index is 498. The van der Waals surface area contributed by atoms with E-state index in [1.165, 1.54) is 0 Å². The van der Waals surface area contributed by atoms with Crippen LogP contribution in [0.15, 0.2) is 53.3 Å². The van der Waals surface area contributed by atoms with Gasteiger partial charge in [0.2, 0.25) is 0 Å². The lowest BCUT2D eigenvalue weighted by atomic mass is 10.1. The van der Waals surface area contributed by atoms with E-state index in [4.69, 9.17) is 0 Å². The number of rotatable bonds is 3. The minimum atomic E-state index is -0.936. The van der Waals surface area contributed by atoms with Crippen LogP contribution in [0.2, 0.25) is 0 Å². The van der Waals surface area contributed by atoms with Crippen LogP contribution >= 0.6 is 11.3 Å². The van der Waals surface area contributed by atoms with Crippen LogP contribution in [0.1, 0.15) is 10.4 Å². The van der Waals surface area contributed by atoms with E-state index in [9.17, 15) is 4.21 Å². The van der Waals surface area contributed by atoms with Gasteiger partial charge in [-0.1, -0.05) is 36.4 Å². The SMILES string of the molecule is C[S@](=O)/C=C(/c1ccccc1)c1cccs1. The Morgan fingerprint density at radius 3 is 2.50 bits per heavy atom. The van der Waals surface area contributed by atoms with Gasteiger partial charge in [-0.05, 0) is 17.0 Å². The average Bonchev–Trinajstić information content (AvgIpc) is 2.80. The zero-order chi connectivity index (χ0) is 11.4. The number of hydrogen-bond acceptors (Lipinski definition) is 2. The third-order valence-electron chi connectivity index (χ3n) is 2.16. The summed E-state index contributed by atoms with van der Waals surface area (Å²) in [7, 11) is -0.936. The number of thiophene rings is 1. The van der Waals surface area contributed by atoms with Gasteiger partial charge in [-0.15, -0.1) is 11.3 Å². The van der Waals surface area contributed by atoms with E-state index in [-0.39, 0.29) is 0 Å². The summed E-state index contributed by atoms with van der Waals surface area (Å²) in [4.78, 5) is 1.15. The Kier molecular flexibility index (Phi) is 3.70. The van der Waals surface area contributed by atoms with Gasteiger partial charge < -0.3 is 0 Å². The van der Waals surface area contributed by atoms with Crippen LogP contribution in [0.25, 0.3) is 5.57 Å². The fourth-order valence-corrected chi connectivity index (χ4v) is 2.92. The quantitative estimate of drug-likeness (QED) is 0.812. The van der Waals surface area contributed by atoms with Crippen LogP contribution in [-0.4, -0.2) is 10.5 Å². The molecule has 0 fully saturated rings. The topological polar surface area (TPSA) is 17.1 Å². The van der Waals surface area contributed by atoms with Crippen molar-refractivity contribution in [3.8, 4) is 0 Å². The molecule has 0 unspecified atom stereocenters.